The molecule has 5 aromatic carbocycles. The van der Waals surface area contributed by atoms with Gasteiger partial charge in [0, 0.05) is 7.11 Å². The summed E-state index contributed by atoms with van der Waals surface area (Å²) in [5.74, 6) is 0. The fourth-order valence-corrected chi connectivity index (χ4v) is 6.06. The average molecular weight is 675 g/mol. The molecule has 0 N–H and O–H groups in total. The van der Waals surface area contributed by atoms with E-state index in [0.717, 1.165) is 27.8 Å². The van der Waals surface area contributed by atoms with Crippen molar-refractivity contribution >= 4 is 0 Å². The van der Waals surface area contributed by atoms with Crippen molar-refractivity contribution in [1.29, 1.82) is 0 Å². The zero-order valence-electron chi connectivity index (χ0n) is 28.5. The fourth-order valence-electron chi connectivity index (χ4n) is 6.06. The Morgan fingerprint density at radius 2 is 0.840 bits per heavy atom. The third-order valence-corrected chi connectivity index (χ3v) is 8.69. The standard InChI is InChI=1S/C43H46O7/c1-44-43-42(49-31-37-25-15-6-16-26-37)41(48-30-36-23-13-5-14-24-36)40(47-29-35-21-11-4-12-22-35)39(50-43)38(46-28-34-19-9-3-10-20-34)32-45-27-33-17-7-2-8-18-33/h2-26,38-43H,27-32H2,1H3/t38-,39+,40+,41-,42-,43+/m0/s1. The molecule has 1 fully saturated rings. The molecule has 1 aliphatic heterocycles. The van der Waals surface area contributed by atoms with Gasteiger partial charge in [-0.2, -0.15) is 0 Å². The first-order valence-electron chi connectivity index (χ1n) is 17.2. The van der Waals surface area contributed by atoms with Crippen molar-refractivity contribution in [3.63, 3.8) is 0 Å². The lowest BCUT2D eigenvalue weighted by Gasteiger charge is -2.47. The molecule has 260 valence electrons. The van der Waals surface area contributed by atoms with Gasteiger partial charge in [0.05, 0.1) is 39.6 Å². The number of hydrogen-bond acceptors (Lipinski definition) is 7. The number of ether oxygens (including phenoxy) is 7. The van der Waals surface area contributed by atoms with Gasteiger partial charge < -0.3 is 33.2 Å². The van der Waals surface area contributed by atoms with Gasteiger partial charge in [-0.1, -0.05) is 152 Å². The largest absolute Gasteiger partial charge is 0.374 e. The van der Waals surface area contributed by atoms with E-state index in [1.165, 1.54) is 0 Å². The highest BCUT2D eigenvalue weighted by atomic mass is 16.7. The molecule has 0 radical (unpaired) electrons. The summed E-state index contributed by atoms with van der Waals surface area (Å²) in [4.78, 5) is 0. The van der Waals surface area contributed by atoms with Crippen molar-refractivity contribution in [2.45, 2.75) is 69.8 Å². The molecule has 0 bridgehead atoms. The number of methoxy groups -OCH3 is 1. The molecule has 0 spiro atoms. The fraction of sp³-hybridized carbons (Fsp3) is 0.302. The quantitative estimate of drug-likeness (QED) is 0.0936. The summed E-state index contributed by atoms with van der Waals surface area (Å²) in [6.45, 7) is 2.10. The van der Waals surface area contributed by atoms with Crippen LogP contribution in [0.2, 0.25) is 0 Å². The maximum atomic E-state index is 6.83. The molecular weight excluding hydrogens is 628 g/mol. The smallest absolute Gasteiger partial charge is 0.186 e. The van der Waals surface area contributed by atoms with Crippen LogP contribution in [0.25, 0.3) is 0 Å². The van der Waals surface area contributed by atoms with E-state index in [-0.39, 0.29) is 6.61 Å². The van der Waals surface area contributed by atoms with E-state index in [0.29, 0.717) is 33.0 Å². The third-order valence-electron chi connectivity index (χ3n) is 8.69. The average Bonchev–Trinajstić information content (AvgIpc) is 3.18. The molecule has 0 aromatic heterocycles. The second kappa shape index (κ2) is 19.3. The Bertz CT molecular complexity index is 1620. The van der Waals surface area contributed by atoms with Gasteiger partial charge in [-0.25, -0.2) is 0 Å². The first-order chi connectivity index (χ1) is 24.8. The predicted octanol–water partition coefficient (Wildman–Crippen LogP) is 7.92. The summed E-state index contributed by atoms with van der Waals surface area (Å²) in [5, 5.41) is 0. The Hall–Kier alpha value is -4.18. The van der Waals surface area contributed by atoms with Crippen LogP contribution in [0.1, 0.15) is 27.8 Å². The van der Waals surface area contributed by atoms with Crippen LogP contribution in [-0.2, 0) is 66.2 Å². The monoisotopic (exact) mass is 674 g/mol. The molecule has 0 unspecified atom stereocenters. The van der Waals surface area contributed by atoms with E-state index in [4.69, 9.17) is 33.2 Å². The number of benzene rings is 5. The van der Waals surface area contributed by atoms with E-state index in [1.807, 2.05) is 152 Å². The van der Waals surface area contributed by atoms with Crippen LogP contribution in [-0.4, -0.2) is 50.5 Å². The zero-order chi connectivity index (χ0) is 34.2. The van der Waals surface area contributed by atoms with Gasteiger partial charge >= 0.3 is 0 Å². The zero-order valence-corrected chi connectivity index (χ0v) is 28.5. The summed E-state index contributed by atoms with van der Waals surface area (Å²) in [5.41, 5.74) is 5.22. The molecule has 0 aliphatic carbocycles. The Kier molecular flexibility index (Phi) is 13.7. The molecule has 6 rings (SSSR count). The molecule has 1 aliphatic rings. The lowest BCUT2D eigenvalue weighted by Crippen LogP contribution is -2.64. The summed E-state index contributed by atoms with van der Waals surface area (Å²) in [6, 6.07) is 50.5. The molecule has 7 nitrogen and oxygen atoms in total. The van der Waals surface area contributed by atoms with Crippen molar-refractivity contribution < 1.29 is 33.2 Å². The van der Waals surface area contributed by atoms with Crippen LogP contribution in [0.15, 0.2) is 152 Å². The minimum absolute atomic E-state index is 0.259. The maximum Gasteiger partial charge on any atom is 0.186 e. The van der Waals surface area contributed by atoms with Crippen molar-refractivity contribution in [1.82, 2.24) is 0 Å². The van der Waals surface area contributed by atoms with Gasteiger partial charge in [-0.15, -0.1) is 0 Å². The molecule has 0 saturated carbocycles. The molecule has 50 heavy (non-hydrogen) atoms. The van der Waals surface area contributed by atoms with Crippen molar-refractivity contribution in [2.75, 3.05) is 13.7 Å². The molecule has 0 amide bonds. The number of hydrogen-bond donors (Lipinski definition) is 0. The first kappa shape index (κ1) is 35.6. The molecular formula is C43H46O7. The van der Waals surface area contributed by atoms with Gasteiger partial charge in [0.2, 0.25) is 0 Å². The Morgan fingerprint density at radius 3 is 1.28 bits per heavy atom. The van der Waals surface area contributed by atoms with Crippen molar-refractivity contribution in [3.05, 3.63) is 179 Å². The molecule has 6 atom stereocenters. The van der Waals surface area contributed by atoms with E-state index >= 15 is 0 Å². The highest BCUT2D eigenvalue weighted by Gasteiger charge is 2.51. The second-order valence-electron chi connectivity index (χ2n) is 12.3. The van der Waals surface area contributed by atoms with Crippen LogP contribution in [0.5, 0.6) is 0 Å². The highest BCUT2D eigenvalue weighted by Crippen LogP contribution is 2.33. The van der Waals surface area contributed by atoms with Gasteiger partial charge in [0.15, 0.2) is 6.29 Å². The SMILES string of the molecule is CO[C@@H]1O[C@H]([C@H](COCc2ccccc2)OCc2ccccc2)[C@@H](OCc2ccccc2)[C@H](OCc2ccccc2)[C@@H]1OCc1ccccc1. The normalized spacial score (nSPS) is 21.1. The van der Waals surface area contributed by atoms with Crippen LogP contribution < -0.4 is 0 Å². The van der Waals surface area contributed by atoms with E-state index in [2.05, 4.69) is 0 Å². The molecule has 1 heterocycles. The second-order valence-corrected chi connectivity index (χ2v) is 12.3. The van der Waals surface area contributed by atoms with Crippen LogP contribution in [0, 0.1) is 0 Å². The molecule has 7 heteroatoms. The Balaban J connectivity index is 1.32. The van der Waals surface area contributed by atoms with E-state index in [1.54, 1.807) is 7.11 Å². The predicted molar refractivity (Wildman–Crippen MR) is 192 cm³/mol. The summed E-state index contributed by atoms with van der Waals surface area (Å²) in [6.07, 6.45) is -3.72. The van der Waals surface area contributed by atoms with Crippen molar-refractivity contribution in [3.8, 4) is 0 Å². The van der Waals surface area contributed by atoms with Gasteiger partial charge in [0.1, 0.15) is 30.5 Å². The minimum Gasteiger partial charge on any atom is -0.374 e. The lowest BCUT2D eigenvalue weighted by molar-refractivity contribution is -0.334. The van der Waals surface area contributed by atoms with Crippen LogP contribution >= 0.6 is 0 Å². The maximum absolute atomic E-state index is 6.83. The summed E-state index contributed by atoms with van der Waals surface area (Å²) in [7, 11) is 1.63. The van der Waals surface area contributed by atoms with Crippen molar-refractivity contribution in [2.24, 2.45) is 0 Å². The topological polar surface area (TPSA) is 64.6 Å². The summed E-state index contributed by atoms with van der Waals surface area (Å²) >= 11 is 0. The summed E-state index contributed by atoms with van der Waals surface area (Å²) < 4.78 is 46.1. The highest BCUT2D eigenvalue weighted by molar-refractivity contribution is 5.17. The Labute approximate surface area is 295 Å². The van der Waals surface area contributed by atoms with E-state index in [9.17, 15) is 0 Å². The molecule has 5 aromatic rings. The van der Waals surface area contributed by atoms with Gasteiger partial charge in [-0.3, -0.25) is 0 Å². The van der Waals surface area contributed by atoms with Crippen LogP contribution in [0.4, 0.5) is 0 Å². The first-order valence-corrected chi connectivity index (χ1v) is 17.2. The van der Waals surface area contributed by atoms with Crippen LogP contribution in [0.3, 0.4) is 0 Å². The lowest BCUT2D eigenvalue weighted by atomic mass is 9.94. The Morgan fingerprint density at radius 1 is 0.460 bits per heavy atom. The van der Waals surface area contributed by atoms with Gasteiger partial charge in [0.25, 0.3) is 0 Å². The third kappa shape index (κ3) is 10.4. The molecule has 1 saturated heterocycles. The van der Waals surface area contributed by atoms with E-state index < -0.39 is 36.8 Å². The number of rotatable bonds is 18. The van der Waals surface area contributed by atoms with Gasteiger partial charge in [-0.05, 0) is 27.8 Å². The minimum atomic E-state index is -0.766.